The van der Waals surface area contributed by atoms with Gasteiger partial charge in [-0.05, 0) is 64.1 Å². The summed E-state index contributed by atoms with van der Waals surface area (Å²) in [4.78, 5) is 11.0. The number of nitrogens with zero attached hydrogens (tertiary/aromatic N) is 3. The van der Waals surface area contributed by atoms with E-state index in [9.17, 15) is 0 Å². The molecule has 2 aromatic carbocycles. The first-order valence-electron chi connectivity index (χ1n) is 11.8. The van der Waals surface area contributed by atoms with E-state index in [0.29, 0.717) is 26.4 Å². The van der Waals surface area contributed by atoms with Crippen molar-refractivity contribution >= 4 is 40.8 Å². The quantitative estimate of drug-likeness (QED) is 0.309. The molecule has 1 aliphatic heterocycles. The second kappa shape index (κ2) is 13.7. The Morgan fingerprint density at radius 1 is 0.714 bits per heavy atom. The number of ether oxygens (including phenoxy) is 4. The number of anilines is 2. The summed E-state index contributed by atoms with van der Waals surface area (Å²) in [5, 5.41) is 1.06. The Hall–Kier alpha value is -1.49. The van der Waals surface area contributed by atoms with Crippen LogP contribution < -0.4 is 15.2 Å². The minimum absolute atomic E-state index is 0.297. The third-order valence-corrected chi connectivity index (χ3v) is 9.59. The largest absolute Gasteiger partial charge is 0.383 e. The Morgan fingerprint density at radius 2 is 1.17 bits per heavy atom. The van der Waals surface area contributed by atoms with E-state index >= 15 is 0 Å². The van der Waals surface area contributed by atoms with Gasteiger partial charge in [-0.25, -0.2) is 4.99 Å². The Bertz CT molecular complexity index is 1110. The highest BCUT2D eigenvalue weighted by molar-refractivity contribution is 9.52. The molecule has 1 unspecified atom stereocenters. The normalized spacial score (nSPS) is 14.3. The lowest BCUT2D eigenvalue weighted by atomic mass is 10.1. The van der Waals surface area contributed by atoms with Crippen molar-refractivity contribution in [2.75, 3.05) is 90.8 Å². The van der Waals surface area contributed by atoms with Gasteiger partial charge in [-0.3, -0.25) is 0 Å². The van der Waals surface area contributed by atoms with Crippen LogP contribution >= 0.6 is 23.7 Å². The predicted octanol–water partition coefficient (Wildman–Crippen LogP) is 4.66. The first-order chi connectivity index (χ1) is 16.9. The van der Waals surface area contributed by atoms with Crippen LogP contribution in [-0.2, 0) is 18.9 Å². The highest BCUT2D eigenvalue weighted by atomic mass is 79.9. The molecule has 0 saturated heterocycles. The molecular weight excluding hydrogens is 530 g/mol. The summed E-state index contributed by atoms with van der Waals surface area (Å²) < 4.78 is 22.6. The van der Waals surface area contributed by atoms with Gasteiger partial charge in [-0.15, -0.1) is 0 Å². The fourth-order valence-electron chi connectivity index (χ4n) is 4.16. The molecule has 0 N–H and O–H groups in total. The van der Waals surface area contributed by atoms with Gasteiger partial charge in [0.05, 0.1) is 37.5 Å². The zero-order valence-corrected chi connectivity index (χ0v) is 24.1. The predicted molar refractivity (Wildman–Crippen MR) is 149 cm³/mol. The van der Waals surface area contributed by atoms with Gasteiger partial charge in [0.1, 0.15) is 0 Å². The van der Waals surface area contributed by atoms with E-state index in [1.54, 1.807) is 28.4 Å². The van der Waals surface area contributed by atoms with Crippen LogP contribution in [0.15, 0.2) is 34.2 Å². The van der Waals surface area contributed by atoms with Crippen molar-refractivity contribution in [3.63, 3.8) is 0 Å². The molecule has 0 spiro atoms. The molecule has 7 nitrogen and oxygen atoms in total. The van der Waals surface area contributed by atoms with Crippen LogP contribution in [0.3, 0.4) is 0 Å². The van der Waals surface area contributed by atoms with Crippen LogP contribution in [0.25, 0.3) is 0 Å². The van der Waals surface area contributed by atoms with Gasteiger partial charge in [0, 0.05) is 75.4 Å². The van der Waals surface area contributed by atoms with Crippen molar-refractivity contribution in [1.82, 2.24) is 0 Å². The molecular formula is C26H38BrN3O4S. The summed E-state index contributed by atoms with van der Waals surface area (Å²) >= 11 is 4.06. The summed E-state index contributed by atoms with van der Waals surface area (Å²) in [6.07, 6.45) is 0. The van der Waals surface area contributed by atoms with Crippen molar-refractivity contribution in [2.24, 2.45) is 4.99 Å². The third kappa shape index (κ3) is 6.84. The fourth-order valence-corrected chi connectivity index (χ4v) is 7.08. The van der Waals surface area contributed by atoms with Gasteiger partial charge >= 0.3 is 0 Å². The number of aryl methyl sites for hydroxylation is 2. The van der Waals surface area contributed by atoms with Crippen LogP contribution in [0.1, 0.15) is 11.1 Å². The van der Waals surface area contributed by atoms with Crippen molar-refractivity contribution in [3.8, 4) is 0 Å². The molecule has 1 atom stereocenters. The Labute approximate surface area is 219 Å². The SMILES string of the molecule is COCCN(CCOC)c1cc(C)c2c(c1)S(Br)=c1cc(N(CCOC)CCOC)cc(C)c1=N2. The molecule has 194 valence electrons. The molecule has 0 aromatic heterocycles. The Balaban J connectivity index is 2.10. The summed E-state index contributed by atoms with van der Waals surface area (Å²) in [6, 6.07) is 8.99. The van der Waals surface area contributed by atoms with Crippen molar-refractivity contribution in [1.29, 1.82) is 0 Å². The standard InChI is InChI=1S/C26H38BrN3O4S/c1-19-15-21(29(7-11-31-3)8-12-32-4)17-23-25(19)28-26-20(2)16-22(18-24(26)35(23)27)30(9-13-33-5)10-14-34-6/h15-18H,7-14H2,1-6H3. The van der Waals surface area contributed by atoms with E-state index in [-0.39, 0.29) is 8.92 Å². The van der Waals surface area contributed by atoms with E-state index in [0.717, 1.165) is 37.2 Å². The van der Waals surface area contributed by atoms with Crippen LogP contribution in [-0.4, -0.2) is 81.0 Å². The molecule has 0 saturated carbocycles. The molecule has 3 rings (SSSR count). The maximum Gasteiger partial charge on any atom is 0.0807 e. The van der Waals surface area contributed by atoms with Crippen LogP contribution in [0.5, 0.6) is 0 Å². The van der Waals surface area contributed by atoms with Gasteiger partial charge in [-0.1, -0.05) is 8.92 Å². The van der Waals surface area contributed by atoms with E-state index in [2.05, 4.69) is 62.7 Å². The lowest BCUT2D eigenvalue weighted by Gasteiger charge is -2.27. The monoisotopic (exact) mass is 567 g/mol. The van der Waals surface area contributed by atoms with Crippen LogP contribution in [0.4, 0.5) is 17.1 Å². The topological polar surface area (TPSA) is 55.8 Å². The summed E-state index contributed by atoms with van der Waals surface area (Å²) in [6.45, 7) is 10.2. The molecule has 0 fully saturated rings. The maximum atomic E-state index is 5.36. The number of methoxy groups -OCH3 is 4. The minimum Gasteiger partial charge on any atom is -0.383 e. The first kappa shape index (κ1) is 28.1. The number of halogens is 1. The molecule has 35 heavy (non-hydrogen) atoms. The molecule has 0 amide bonds. The molecule has 0 bridgehead atoms. The minimum atomic E-state index is -0.297. The Morgan fingerprint density at radius 3 is 1.66 bits per heavy atom. The number of rotatable bonds is 14. The van der Waals surface area contributed by atoms with E-state index in [4.69, 9.17) is 23.9 Å². The highest BCUT2D eigenvalue weighted by Gasteiger charge is 2.19. The van der Waals surface area contributed by atoms with E-state index < -0.39 is 0 Å². The number of benzene rings is 2. The van der Waals surface area contributed by atoms with E-state index in [1.807, 2.05) is 0 Å². The zero-order chi connectivity index (χ0) is 25.4. The van der Waals surface area contributed by atoms with Gasteiger partial charge < -0.3 is 28.7 Å². The van der Waals surface area contributed by atoms with Crippen LogP contribution in [0.2, 0.25) is 0 Å². The maximum absolute atomic E-state index is 5.36. The molecule has 1 aliphatic rings. The lowest BCUT2D eigenvalue weighted by Crippen LogP contribution is -2.31. The molecule has 2 aromatic rings. The number of fused-ring (bicyclic) bond motifs is 2. The molecule has 9 heteroatoms. The van der Waals surface area contributed by atoms with Crippen LogP contribution in [0, 0.1) is 18.4 Å². The van der Waals surface area contributed by atoms with Crippen molar-refractivity contribution in [3.05, 3.63) is 45.3 Å². The molecule has 1 heterocycles. The summed E-state index contributed by atoms with van der Waals surface area (Å²) in [7, 11) is 6.65. The van der Waals surface area contributed by atoms with Gasteiger partial charge in [-0.2, -0.15) is 0 Å². The first-order valence-corrected chi connectivity index (χ1v) is 14.9. The second-order valence-electron chi connectivity index (χ2n) is 8.53. The van der Waals surface area contributed by atoms with Crippen molar-refractivity contribution < 1.29 is 18.9 Å². The highest BCUT2D eigenvalue weighted by Crippen LogP contribution is 2.47. The average Bonchev–Trinajstić information content (AvgIpc) is 2.85. The van der Waals surface area contributed by atoms with Crippen molar-refractivity contribution in [2.45, 2.75) is 18.7 Å². The number of hydrogen-bond donors (Lipinski definition) is 0. The van der Waals surface area contributed by atoms with E-state index in [1.165, 1.54) is 31.9 Å². The van der Waals surface area contributed by atoms with Gasteiger partial charge in [0.25, 0.3) is 0 Å². The van der Waals surface area contributed by atoms with Gasteiger partial charge in [0.15, 0.2) is 0 Å². The summed E-state index contributed by atoms with van der Waals surface area (Å²) in [5.41, 5.74) is 5.74. The third-order valence-electron chi connectivity index (χ3n) is 6.10. The summed E-state index contributed by atoms with van der Waals surface area (Å²) in [5.74, 6) is 0. The molecule has 0 aliphatic carbocycles. The van der Waals surface area contributed by atoms with Gasteiger partial charge in [0.2, 0.25) is 0 Å². The lowest BCUT2D eigenvalue weighted by molar-refractivity contribution is 0.190. The molecule has 0 radical (unpaired) electrons. The fraction of sp³-hybridized carbons (Fsp3) is 0.538. The average molecular weight is 569 g/mol. The Kier molecular flexibility index (Phi) is 11.0. The number of hydrogen-bond acceptors (Lipinski definition) is 7. The smallest absolute Gasteiger partial charge is 0.0807 e. The zero-order valence-electron chi connectivity index (χ0n) is 21.7. The second-order valence-corrected chi connectivity index (χ2v) is 11.9.